The first-order valence-corrected chi connectivity index (χ1v) is 13.5. The van der Waals surface area contributed by atoms with Crippen LogP contribution in [-0.4, -0.2) is 32.4 Å². The molecule has 2 aromatic rings. The number of benzene rings is 2. The molecule has 6 nitrogen and oxygen atoms in total. The van der Waals surface area contributed by atoms with Crippen molar-refractivity contribution in [2.75, 3.05) is 0 Å². The van der Waals surface area contributed by atoms with Gasteiger partial charge in [-0.1, -0.05) is 77.0 Å². The van der Waals surface area contributed by atoms with Crippen LogP contribution in [0.2, 0.25) is 0 Å². The number of phenols is 2. The maximum Gasteiger partial charge on any atom is 0.336 e. The van der Waals surface area contributed by atoms with Crippen LogP contribution in [0.4, 0.5) is 0 Å². The molecule has 0 fully saturated rings. The lowest BCUT2D eigenvalue weighted by atomic mass is 9.99. The molecule has 0 radical (unpaired) electrons. The van der Waals surface area contributed by atoms with Crippen molar-refractivity contribution < 1.29 is 30.0 Å². The van der Waals surface area contributed by atoms with Crippen molar-refractivity contribution in [3.05, 3.63) is 46.5 Å². The summed E-state index contributed by atoms with van der Waals surface area (Å²) in [5, 5.41) is 41.0. The van der Waals surface area contributed by atoms with Crippen LogP contribution in [0.15, 0.2) is 34.1 Å². The first-order valence-electron chi connectivity index (χ1n) is 12.7. The SMILES string of the molecule is CCCCCCCc1c(C(=O)O)ccc(O)c1Sc1c(O)ccc(C(=O)O)c1CCCCCCC. The van der Waals surface area contributed by atoms with Crippen LogP contribution in [0.25, 0.3) is 0 Å². The number of hydrogen-bond donors (Lipinski definition) is 4. The summed E-state index contributed by atoms with van der Waals surface area (Å²) in [6.07, 6.45) is 11.0. The van der Waals surface area contributed by atoms with Crippen LogP contribution in [0.1, 0.15) is 110 Å². The fraction of sp³-hybridized carbons (Fsp3) is 0.500. The first-order chi connectivity index (χ1) is 16.8. The minimum absolute atomic E-state index is 0.0717. The zero-order valence-electron chi connectivity index (χ0n) is 20.8. The topological polar surface area (TPSA) is 115 Å². The number of carbonyl (C=O) groups is 2. The largest absolute Gasteiger partial charge is 0.507 e. The zero-order chi connectivity index (χ0) is 25.8. The highest BCUT2D eigenvalue weighted by Gasteiger charge is 2.23. The monoisotopic (exact) mass is 502 g/mol. The Bertz CT molecular complexity index is 922. The Labute approximate surface area is 212 Å². The van der Waals surface area contributed by atoms with Gasteiger partial charge in [-0.3, -0.25) is 0 Å². The van der Waals surface area contributed by atoms with Crippen molar-refractivity contribution in [3.8, 4) is 11.5 Å². The van der Waals surface area contributed by atoms with Crippen LogP contribution in [-0.2, 0) is 12.8 Å². The molecule has 192 valence electrons. The van der Waals surface area contributed by atoms with E-state index in [0.717, 1.165) is 76.0 Å². The van der Waals surface area contributed by atoms with Crippen LogP contribution in [0, 0.1) is 0 Å². The Balaban J connectivity index is 2.46. The number of carboxylic acid groups (broad SMARTS) is 2. The quantitative estimate of drug-likeness (QED) is 0.174. The summed E-state index contributed by atoms with van der Waals surface area (Å²) in [6.45, 7) is 4.26. The molecule has 4 N–H and O–H groups in total. The molecule has 0 bridgehead atoms. The highest BCUT2D eigenvalue weighted by atomic mass is 32.2. The van der Waals surface area contributed by atoms with Gasteiger partial charge in [-0.15, -0.1) is 0 Å². The summed E-state index contributed by atoms with van der Waals surface area (Å²) >= 11 is 1.07. The smallest absolute Gasteiger partial charge is 0.336 e. The van der Waals surface area contributed by atoms with Crippen LogP contribution in [0.5, 0.6) is 11.5 Å². The Morgan fingerprint density at radius 3 is 1.34 bits per heavy atom. The number of aromatic carboxylic acids is 2. The number of hydrogen-bond acceptors (Lipinski definition) is 5. The van der Waals surface area contributed by atoms with Gasteiger partial charge in [0.1, 0.15) is 11.5 Å². The molecule has 0 saturated carbocycles. The lowest BCUT2D eigenvalue weighted by Crippen LogP contribution is -2.06. The highest BCUT2D eigenvalue weighted by molar-refractivity contribution is 7.99. The van der Waals surface area contributed by atoms with Gasteiger partial charge in [0.05, 0.1) is 20.9 Å². The van der Waals surface area contributed by atoms with Crippen molar-refractivity contribution in [1.82, 2.24) is 0 Å². The van der Waals surface area contributed by atoms with Gasteiger partial charge in [0.2, 0.25) is 0 Å². The molecule has 0 unspecified atom stereocenters. The van der Waals surface area contributed by atoms with E-state index in [1.165, 1.54) is 24.3 Å². The van der Waals surface area contributed by atoms with Crippen molar-refractivity contribution in [2.24, 2.45) is 0 Å². The molecular formula is C28H38O6S. The van der Waals surface area contributed by atoms with Crippen LogP contribution in [0.3, 0.4) is 0 Å². The zero-order valence-corrected chi connectivity index (χ0v) is 21.6. The van der Waals surface area contributed by atoms with E-state index in [4.69, 9.17) is 0 Å². The predicted octanol–water partition coefficient (Wildman–Crippen LogP) is 7.67. The number of phenolic OH excluding ortho intramolecular Hbond substituents is 2. The van der Waals surface area contributed by atoms with Crippen molar-refractivity contribution >= 4 is 23.7 Å². The Morgan fingerprint density at radius 1 is 0.629 bits per heavy atom. The minimum atomic E-state index is -1.07. The van der Waals surface area contributed by atoms with E-state index in [1.807, 2.05) is 0 Å². The molecule has 0 amide bonds. The molecule has 35 heavy (non-hydrogen) atoms. The summed E-state index contributed by atoms with van der Waals surface area (Å²) in [7, 11) is 0. The third kappa shape index (κ3) is 8.20. The van der Waals surface area contributed by atoms with E-state index in [9.17, 15) is 30.0 Å². The second kappa shape index (κ2) is 14.7. The second-order valence-corrected chi connectivity index (χ2v) is 9.94. The minimum Gasteiger partial charge on any atom is -0.507 e. The van der Waals surface area contributed by atoms with Crippen molar-refractivity contribution in [2.45, 2.75) is 101 Å². The van der Waals surface area contributed by atoms with E-state index < -0.39 is 11.9 Å². The summed E-state index contributed by atoms with van der Waals surface area (Å²) in [5.74, 6) is -2.29. The fourth-order valence-corrected chi connectivity index (χ4v) is 5.49. The molecule has 0 aliphatic carbocycles. The molecule has 0 atom stereocenters. The summed E-state index contributed by atoms with van der Waals surface area (Å²) in [5.41, 5.74) is 1.28. The van der Waals surface area contributed by atoms with Gasteiger partial charge in [0.25, 0.3) is 0 Å². The Morgan fingerprint density at radius 2 is 1.00 bits per heavy atom. The molecule has 0 aliphatic rings. The van der Waals surface area contributed by atoms with Crippen LogP contribution >= 0.6 is 11.8 Å². The lowest BCUT2D eigenvalue weighted by Gasteiger charge is -2.18. The summed E-state index contributed by atoms with van der Waals surface area (Å²) in [4.78, 5) is 24.7. The molecule has 2 aromatic carbocycles. The van der Waals surface area contributed by atoms with E-state index >= 15 is 0 Å². The number of carboxylic acids is 2. The van der Waals surface area contributed by atoms with Gasteiger partial charge in [0, 0.05) is 0 Å². The maximum absolute atomic E-state index is 12.0. The molecule has 0 aromatic heterocycles. The first kappa shape index (κ1) is 28.6. The van der Waals surface area contributed by atoms with Gasteiger partial charge in [-0.05, 0) is 61.1 Å². The van der Waals surface area contributed by atoms with Crippen molar-refractivity contribution in [3.63, 3.8) is 0 Å². The third-order valence-electron chi connectivity index (χ3n) is 6.21. The van der Waals surface area contributed by atoms with Crippen molar-refractivity contribution in [1.29, 1.82) is 0 Å². The van der Waals surface area contributed by atoms with E-state index in [-0.39, 0.29) is 22.6 Å². The molecular weight excluding hydrogens is 464 g/mol. The Hall–Kier alpha value is -2.67. The lowest BCUT2D eigenvalue weighted by molar-refractivity contribution is 0.0684. The van der Waals surface area contributed by atoms with Gasteiger partial charge in [0.15, 0.2) is 0 Å². The maximum atomic E-state index is 12.0. The number of unbranched alkanes of at least 4 members (excludes halogenated alkanes) is 8. The Kier molecular flexibility index (Phi) is 12.0. The highest BCUT2D eigenvalue weighted by Crippen LogP contribution is 2.45. The van der Waals surface area contributed by atoms with E-state index in [1.54, 1.807) is 0 Å². The number of aromatic hydroxyl groups is 2. The third-order valence-corrected chi connectivity index (χ3v) is 7.52. The predicted molar refractivity (Wildman–Crippen MR) is 139 cm³/mol. The summed E-state index contributed by atoms with van der Waals surface area (Å²) < 4.78 is 0. The van der Waals surface area contributed by atoms with Gasteiger partial charge in [-0.2, -0.15) is 0 Å². The molecule has 2 rings (SSSR count). The van der Waals surface area contributed by atoms with Crippen LogP contribution < -0.4 is 0 Å². The van der Waals surface area contributed by atoms with E-state index in [2.05, 4.69) is 13.8 Å². The molecule has 7 heteroatoms. The second-order valence-electron chi connectivity index (χ2n) is 8.92. The van der Waals surface area contributed by atoms with Gasteiger partial charge >= 0.3 is 11.9 Å². The van der Waals surface area contributed by atoms with E-state index in [0.29, 0.717) is 33.8 Å². The summed E-state index contributed by atoms with van der Waals surface area (Å²) in [6, 6.07) is 5.53. The number of rotatable bonds is 16. The standard InChI is InChI=1S/C28H38O6S/c1-3-5-7-9-11-13-19-21(27(31)32)15-17-23(29)25(19)35-26-20(14-12-10-8-6-4-2)22(28(33)34)16-18-24(26)30/h15-18,29-30H,3-14H2,1-2H3,(H,31,32)(H,33,34). The van der Waals surface area contributed by atoms with Gasteiger partial charge in [-0.25, -0.2) is 9.59 Å². The molecule has 0 aliphatic heterocycles. The average molecular weight is 503 g/mol. The van der Waals surface area contributed by atoms with Gasteiger partial charge < -0.3 is 20.4 Å². The molecule has 0 spiro atoms. The fourth-order valence-electron chi connectivity index (χ4n) is 4.27. The normalized spacial score (nSPS) is 11.0. The molecule has 0 saturated heterocycles. The molecule has 0 heterocycles. The average Bonchev–Trinajstić information content (AvgIpc) is 2.81.